The average molecular weight is 449 g/mol. The molecule has 0 aromatic rings. The van der Waals surface area contributed by atoms with Crippen molar-refractivity contribution in [1.82, 2.24) is 0 Å². The number of rotatable bonds is 5. The Balaban J connectivity index is 1.54. The first-order valence-corrected chi connectivity index (χ1v) is 12.9. The number of aliphatic carboxylic acids is 1. The van der Waals surface area contributed by atoms with Gasteiger partial charge in [0.15, 0.2) is 0 Å². The van der Waals surface area contributed by atoms with Crippen LogP contribution in [0.4, 0.5) is 0 Å². The molecule has 182 valence electrons. The third kappa shape index (κ3) is 3.76. The minimum absolute atomic E-state index is 0.102. The fraction of sp³-hybridized carbons (Fsp3) is 0.889. The smallest absolute Gasteiger partial charge is 0.310 e. The first-order chi connectivity index (χ1) is 15.0. The summed E-state index contributed by atoms with van der Waals surface area (Å²) in [7, 11) is 0. The van der Waals surface area contributed by atoms with E-state index >= 15 is 0 Å². The second-order valence-corrected chi connectivity index (χ2v) is 12.3. The van der Waals surface area contributed by atoms with E-state index in [0.29, 0.717) is 29.6 Å². The highest BCUT2D eigenvalue weighted by atomic mass is 16.4. The molecule has 0 radical (unpaired) electrons. The summed E-state index contributed by atoms with van der Waals surface area (Å²) in [4.78, 5) is 11.1. The first-order valence-electron chi connectivity index (χ1n) is 12.9. The van der Waals surface area contributed by atoms with Gasteiger partial charge in [-0.2, -0.15) is 0 Å². The molecule has 4 saturated carbocycles. The molecule has 4 aliphatic carbocycles. The molecule has 0 bridgehead atoms. The number of aliphatic hydroxyl groups is 3. The van der Waals surface area contributed by atoms with E-state index in [1.54, 1.807) is 13.0 Å². The zero-order valence-corrected chi connectivity index (χ0v) is 20.3. The lowest BCUT2D eigenvalue weighted by Crippen LogP contribution is -2.62. The van der Waals surface area contributed by atoms with Crippen LogP contribution >= 0.6 is 0 Å². The highest BCUT2D eigenvalue weighted by Gasteiger charge is 2.65. The van der Waals surface area contributed by atoms with Crippen molar-refractivity contribution in [3.63, 3.8) is 0 Å². The molecular weight excluding hydrogens is 404 g/mol. The Morgan fingerprint density at radius 3 is 2.44 bits per heavy atom. The average Bonchev–Trinajstić information content (AvgIpc) is 3.08. The molecule has 4 fully saturated rings. The van der Waals surface area contributed by atoms with Gasteiger partial charge >= 0.3 is 5.97 Å². The molecule has 12 atom stereocenters. The van der Waals surface area contributed by atoms with Crippen molar-refractivity contribution in [2.45, 2.75) is 97.4 Å². The van der Waals surface area contributed by atoms with E-state index < -0.39 is 11.9 Å². The van der Waals surface area contributed by atoms with Crippen LogP contribution in [-0.4, -0.2) is 44.7 Å². The van der Waals surface area contributed by atoms with Gasteiger partial charge in [-0.1, -0.05) is 32.9 Å². The van der Waals surface area contributed by atoms with Crippen LogP contribution in [0, 0.1) is 52.3 Å². The molecule has 0 heterocycles. The number of hydrogen-bond acceptors (Lipinski definition) is 4. The van der Waals surface area contributed by atoms with Gasteiger partial charge in [-0.3, -0.25) is 4.79 Å². The predicted octanol–water partition coefficient (Wildman–Crippen LogP) is 4.25. The summed E-state index contributed by atoms with van der Waals surface area (Å²) in [6.07, 6.45) is 9.93. The molecule has 4 rings (SSSR count). The molecule has 0 saturated heterocycles. The normalized spacial score (nSPS) is 50.3. The lowest BCUT2D eigenvalue weighted by molar-refractivity contribution is -0.206. The number of hydrogen-bond donors (Lipinski definition) is 4. The Morgan fingerprint density at radius 1 is 1.03 bits per heavy atom. The third-order valence-corrected chi connectivity index (χ3v) is 10.8. The van der Waals surface area contributed by atoms with Crippen LogP contribution in [0.15, 0.2) is 12.2 Å². The zero-order chi connectivity index (χ0) is 23.4. The summed E-state index contributed by atoms with van der Waals surface area (Å²) in [6, 6.07) is 0. The van der Waals surface area contributed by atoms with Crippen molar-refractivity contribution in [2.24, 2.45) is 52.3 Å². The predicted molar refractivity (Wildman–Crippen MR) is 124 cm³/mol. The molecule has 0 amide bonds. The maximum absolute atomic E-state index is 11.6. The summed E-state index contributed by atoms with van der Waals surface area (Å²) < 4.78 is 0. The standard InChI is InChI=1S/C27H44O5/c1-15(6-5-7-16(2)25(31)32)19-8-9-20-24-21(14-23(30)27(19,20)4)26(3)11-10-18(28)12-17(26)13-22(24)29/h5,7,15-24,28-30H,6,8-14H2,1-4H3,(H,31,32)/b7-5+/t15?,16?,17-,18?,19?,20?,21?,22?,23?,24?,26-,27+/m0/s1. The van der Waals surface area contributed by atoms with Crippen LogP contribution in [0.1, 0.15) is 79.1 Å². The maximum Gasteiger partial charge on any atom is 0.310 e. The Hall–Kier alpha value is -0.910. The van der Waals surface area contributed by atoms with Gasteiger partial charge in [0.1, 0.15) is 0 Å². The molecule has 9 unspecified atom stereocenters. The molecule has 0 aliphatic heterocycles. The molecule has 5 heteroatoms. The minimum Gasteiger partial charge on any atom is -0.481 e. The Bertz CT molecular complexity index is 736. The van der Waals surface area contributed by atoms with Crippen molar-refractivity contribution in [2.75, 3.05) is 0 Å². The van der Waals surface area contributed by atoms with Crippen molar-refractivity contribution in [3.8, 4) is 0 Å². The number of carbonyl (C=O) groups is 1. The van der Waals surface area contributed by atoms with Gasteiger partial charge in [-0.05, 0) is 105 Å². The van der Waals surface area contributed by atoms with Crippen LogP contribution in [0.2, 0.25) is 0 Å². The van der Waals surface area contributed by atoms with Crippen molar-refractivity contribution < 1.29 is 25.2 Å². The largest absolute Gasteiger partial charge is 0.481 e. The van der Waals surface area contributed by atoms with Crippen molar-refractivity contribution >= 4 is 5.97 Å². The lowest BCUT2D eigenvalue weighted by atomic mass is 9.43. The minimum atomic E-state index is -0.802. The van der Waals surface area contributed by atoms with E-state index in [9.17, 15) is 20.1 Å². The van der Waals surface area contributed by atoms with Crippen LogP contribution in [0.3, 0.4) is 0 Å². The molecule has 5 nitrogen and oxygen atoms in total. The first kappa shape index (κ1) is 24.2. The molecule has 0 spiro atoms. The Kier molecular flexibility index (Phi) is 6.59. The molecule has 4 N–H and O–H groups in total. The second-order valence-electron chi connectivity index (χ2n) is 12.3. The monoisotopic (exact) mass is 448 g/mol. The molecule has 32 heavy (non-hydrogen) atoms. The van der Waals surface area contributed by atoms with Gasteiger partial charge in [0.05, 0.1) is 24.2 Å². The number of fused-ring (bicyclic) bond motifs is 5. The zero-order valence-electron chi connectivity index (χ0n) is 20.3. The second kappa shape index (κ2) is 8.70. The summed E-state index contributed by atoms with van der Waals surface area (Å²) >= 11 is 0. The number of carboxylic acid groups (broad SMARTS) is 1. The summed E-state index contributed by atoms with van der Waals surface area (Å²) in [6.45, 7) is 8.57. The summed E-state index contributed by atoms with van der Waals surface area (Å²) in [5, 5.41) is 42.3. The number of allylic oxidation sites excluding steroid dienone is 1. The van der Waals surface area contributed by atoms with Gasteiger partial charge in [0.25, 0.3) is 0 Å². The van der Waals surface area contributed by atoms with E-state index in [1.165, 1.54) is 0 Å². The molecule has 0 aromatic carbocycles. The highest BCUT2D eigenvalue weighted by Crippen LogP contribution is 2.68. The van der Waals surface area contributed by atoms with Gasteiger partial charge in [0, 0.05) is 0 Å². The van der Waals surface area contributed by atoms with Gasteiger partial charge in [-0.15, -0.1) is 0 Å². The quantitative estimate of drug-likeness (QED) is 0.471. The van der Waals surface area contributed by atoms with Crippen LogP contribution in [0.25, 0.3) is 0 Å². The highest BCUT2D eigenvalue weighted by molar-refractivity contribution is 5.71. The van der Waals surface area contributed by atoms with Gasteiger partial charge < -0.3 is 20.4 Å². The van der Waals surface area contributed by atoms with Crippen molar-refractivity contribution in [3.05, 3.63) is 12.2 Å². The van der Waals surface area contributed by atoms with E-state index in [4.69, 9.17) is 5.11 Å². The topological polar surface area (TPSA) is 98.0 Å². The lowest BCUT2D eigenvalue weighted by Gasteiger charge is -2.63. The SMILES string of the molecule is CC(/C=C/CC(C)C1CCC2C3C(O)C[C@@H]4CC(O)CC[C@]4(C)C3CC(O)[C@]12C)C(=O)O. The van der Waals surface area contributed by atoms with E-state index in [2.05, 4.69) is 20.8 Å². The van der Waals surface area contributed by atoms with E-state index in [0.717, 1.165) is 51.4 Å². The fourth-order valence-electron chi connectivity index (χ4n) is 8.88. The fourth-order valence-corrected chi connectivity index (χ4v) is 8.88. The third-order valence-electron chi connectivity index (χ3n) is 10.8. The Labute approximate surface area is 193 Å². The van der Waals surface area contributed by atoms with Crippen LogP contribution in [0.5, 0.6) is 0 Å². The molecule has 0 aromatic heterocycles. The van der Waals surface area contributed by atoms with Crippen molar-refractivity contribution in [1.29, 1.82) is 0 Å². The van der Waals surface area contributed by atoms with E-state index in [1.807, 2.05) is 6.08 Å². The maximum atomic E-state index is 11.6. The molecule has 4 aliphatic rings. The number of carboxylic acids is 1. The summed E-state index contributed by atoms with van der Waals surface area (Å²) in [5.41, 5.74) is -0.101. The summed E-state index contributed by atoms with van der Waals surface area (Å²) in [5.74, 6) is 0.684. The number of aliphatic hydroxyl groups excluding tert-OH is 3. The van der Waals surface area contributed by atoms with Crippen LogP contribution in [-0.2, 0) is 4.79 Å². The van der Waals surface area contributed by atoms with Crippen LogP contribution < -0.4 is 0 Å². The Morgan fingerprint density at radius 2 is 1.75 bits per heavy atom. The molecular formula is C27H44O5. The van der Waals surface area contributed by atoms with Gasteiger partial charge in [0.2, 0.25) is 0 Å². The van der Waals surface area contributed by atoms with Gasteiger partial charge in [-0.25, -0.2) is 0 Å². The van der Waals surface area contributed by atoms with E-state index in [-0.39, 0.29) is 35.1 Å².